The van der Waals surface area contributed by atoms with E-state index in [1.54, 1.807) is 14.0 Å². The molecule has 0 radical (unpaired) electrons. The van der Waals surface area contributed by atoms with Crippen molar-refractivity contribution in [1.82, 2.24) is 5.32 Å². The number of ether oxygens (including phenoxy) is 3. The molecule has 0 aromatic heterocycles. The summed E-state index contributed by atoms with van der Waals surface area (Å²) in [4.78, 5) is 30.3. The average Bonchev–Trinajstić information content (AvgIpc) is 2.47. The Morgan fingerprint density at radius 1 is 1.18 bits per heavy atom. The Kier molecular flexibility index (Phi) is 20.8. The maximum absolute atomic E-state index is 10.7. The summed E-state index contributed by atoms with van der Waals surface area (Å²) in [5.41, 5.74) is 0.441. The van der Waals surface area contributed by atoms with Crippen LogP contribution in [0.2, 0.25) is 0 Å². The predicted octanol–water partition coefficient (Wildman–Crippen LogP) is 1.36. The molecular formula is C15H25NO6. The van der Waals surface area contributed by atoms with Crippen molar-refractivity contribution in [1.29, 1.82) is 0 Å². The molecule has 0 unspecified atom stereocenters. The molecule has 0 saturated heterocycles. The second-order valence-electron chi connectivity index (χ2n) is 3.52. The van der Waals surface area contributed by atoms with Crippen LogP contribution in [0.15, 0.2) is 37.6 Å². The molecule has 0 rings (SSSR count). The largest absolute Gasteiger partial charge is 0.466 e. The Balaban J connectivity index is -0.000000261. The fourth-order valence-corrected chi connectivity index (χ4v) is 0.570. The van der Waals surface area contributed by atoms with Crippen molar-refractivity contribution >= 4 is 17.9 Å². The zero-order chi connectivity index (χ0) is 18.0. The molecule has 0 fully saturated rings. The van der Waals surface area contributed by atoms with Crippen LogP contribution >= 0.6 is 0 Å². The van der Waals surface area contributed by atoms with Crippen molar-refractivity contribution < 1.29 is 28.6 Å². The maximum atomic E-state index is 10.7. The number of esters is 3. The number of carbonyl (C=O) groups is 3. The molecule has 0 amide bonds. The first-order valence-electron chi connectivity index (χ1n) is 6.22. The molecule has 0 aliphatic rings. The highest BCUT2D eigenvalue weighted by atomic mass is 16.5. The van der Waals surface area contributed by atoms with E-state index in [1.165, 1.54) is 14.0 Å². The summed E-state index contributed by atoms with van der Waals surface area (Å²) in [5, 5.41) is 2.86. The number of methoxy groups -OCH3 is 1. The van der Waals surface area contributed by atoms with Crippen molar-refractivity contribution in [3.63, 3.8) is 0 Å². The van der Waals surface area contributed by atoms with Crippen molar-refractivity contribution in [2.45, 2.75) is 13.8 Å². The fraction of sp³-hybridized carbons (Fsp3) is 0.400. The third-order valence-electron chi connectivity index (χ3n) is 1.55. The van der Waals surface area contributed by atoms with Gasteiger partial charge in [-0.25, -0.2) is 9.59 Å². The highest BCUT2D eigenvalue weighted by molar-refractivity contribution is 5.86. The molecule has 0 aliphatic heterocycles. The minimum atomic E-state index is -0.394. The Bertz CT molecular complexity index is 376. The maximum Gasteiger partial charge on any atom is 0.333 e. The van der Waals surface area contributed by atoms with Gasteiger partial charge in [0.2, 0.25) is 0 Å². The summed E-state index contributed by atoms with van der Waals surface area (Å²) in [5.74, 6) is -1.05. The lowest BCUT2D eigenvalue weighted by Gasteiger charge is -2.01. The van der Waals surface area contributed by atoms with E-state index < -0.39 is 5.97 Å². The van der Waals surface area contributed by atoms with E-state index >= 15 is 0 Å². The molecule has 0 heterocycles. The lowest BCUT2D eigenvalue weighted by Crippen LogP contribution is -2.17. The highest BCUT2D eigenvalue weighted by Gasteiger charge is 2.00. The predicted molar refractivity (Wildman–Crippen MR) is 83.9 cm³/mol. The number of nitrogens with one attached hydrogen (secondary N) is 1. The minimum Gasteiger partial charge on any atom is -0.466 e. The number of hydrogen-bond acceptors (Lipinski definition) is 7. The van der Waals surface area contributed by atoms with Crippen LogP contribution < -0.4 is 5.32 Å². The lowest BCUT2D eigenvalue weighted by atomic mass is 10.4. The minimum absolute atomic E-state index is 0.324. The molecule has 0 atom stereocenters. The SMILES string of the molecule is C=C(C)C(=O)OCCNC.C=CC(=O)OC.C=COC(C)=O. The molecule has 0 aromatic rings. The van der Waals surface area contributed by atoms with Crippen LogP contribution in [0.4, 0.5) is 0 Å². The number of hydrogen-bond donors (Lipinski definition) is 1. The quantitative estimate of drug-likeness (QED) is 0.260. The molecule has 0 aliphatic carbocycles. The Morgan fingerprint density at radius 3 is 1.91 bits per heavy atom. The van der Waals surface area contributed by atoms with E-state index in [2.05, 4.69) is 34.5 Å². The van der Waals surface area contributed by atoms with Gasteiger partial charge in [-0.1, -0.05) is 19.7 Å². The first-order chi connectivity index (χ1) is 10.3. The molecule has 1 N–H and O–H groups in total. The molecule has 7 heteroatoms. The number of likely N-dealkylation sites (N-methyl/N-ethyl adjacent to an activating group) is 1. The topological polar surface area (TPSA) is 90.9 Å². The van der Waals surface area contributed by atoms with Crippen molar-refractivity contribution in [3.8, 4) is 0 Å². The third-order valence-corrected chi connectivity index (χ3v) is 1.55. The average molecular weight is 315 g/mol. The standard InChI is InChI=1S/C7H13NO2.2C4H6O2/c1-6(2)7(9)10-5-4-8-3;1-3-4(5)6-2;1-3-6-4(2)5/h8H,1,4-5H2,2-3H3;2*3H,1H2,2H3. The van der Waals surface area contributed by atoms with Gasteiger partial charge in [0.25, 0.3) is 0 Å². The summed E-state index contributed by atoms with van der Waals surface area (Å²) >= 11 is 0. The highest BCUT2D eigenvalue weighted by Crippen LogP contribution is 1.89. The lowest BCUT2D eigenvalue weighted by molar-refractivity contribution is -0.139. The van der Waals surface area contributed by atoms with Gasteiger partial charge in [0.1, 0.15) is 6.61 Å². The molecule has 0 spiro atoms. The third kappa shape index (κ3) is 26.2. The Hall–Kier alpha value is -2.41. The van der Waals surface area contributed by atoms with Crippen LogP contribution in [0, 0.1) is 0 Å². The molecule has 0 saturated carbocycles. The second-order valence-corrected chi connectivity index (χ2v) is 3.52. The summed E-state index contributed by atoms with van der Waals surface area (Å²) in [6.07, 6.45) is 2.21. The Morgan fingerprint density at radius 2 is 1.73 bits per heavy atom. The van der Waals surface area contributed by atoms with Crippen LogP contribution in [0.1, 0.15) is 13.8 Å². The molecule has 126 valence electrons. The van der Waals surface area contributed by atoms with Crippen LogP contribution in [0.5, 0.6) is 0 Å². The monoisotopic (exact) mass is 315 g/mol. The number of carbonyl (C=O) groups excluding carboxylic acids is 3. The van der Waals surface area contributed by atoms with E-state index in [4.69, 9.17) is 4.74 Å². The van der Waals surface area contributed by atoms with Crippen LogP contribution in [0.25, 0.3) is 0 Å². The van der Waals surface area contributed by atoms with Gasteiger partial charge in [0.05, 0.1) is 13.4 Å². The van der Waals surface area contributed by atoms with Crippen molar-refractivity contribution in [2.75, 3.05) is 27.3 Å². The fourth-order valence-electron chi connectivity index (χ4n) is 0.570. The van der Waals surface area contributed by atoms with Gasteiger partial charge < -0.3 is 19.5 Å². The van der Waals surface area contributed by atoms with Gasteiger partial charge in [-0.2, -0.15) is 0 Å². The summed E-state index contributed by atoms with van der Waals surface area (Å²) < 4.78 is 13.1. The molecule has 0 bridgehead atoms. The number of rotatable bonds is 6. The van der Waals surface area contributed by atoms with E-state index in [0.29, 0.717) is 18.7 Å². The first kappa shape index (κ1) is 24.6. The van der Waals surface area contributed by atoms with Gasteiger partial charge in [-0.05, 0) is 14.0 Å². The zero-order valence-corrected chi connectivity index (χ0v) is 13.6. The van der Waals surface area contributed by atoms with E-state index in [9.17, 15) is 14.4 Å². The van der Waals surface area contributed by atoms with Crippen molar-refractivity contribution in [2.24, 2.45) is 0 Å². The van der Waals surface area contributed by atoms with Gasteiger partial charge in [0.15, 0.2) is 0 Å². The van der Waals surface area contributed by atoms with Gasteiger partial charge in [-0.15, -0.1) is 0 Å². The van der Waals surface area contributed by atoms with Gasteiger partial charge >= 0.3 is 17.9 Å². The van der Waals surface area contributed by atoms with Crippen LogP contribution in [-0.4, -0.2) is 45.2 Å². The summed E-state index contributed by atoms with van der Waals surface area (Å²) in [6.45, 7) is 13.8. The molecule has 7 nitrogen and oxygen atoms in total. The summed E-state index contributed by atoms with van der Waals surface area (Å²) in [6, 6.07) is 0. The van der Waals surface area contributed by atoms with Crippen LogP contribution in [-0.2, 0) is 28.6 Å². The zero-order valence-electron chi connectivity index (χ0n) is 13.6. The van der Waals surface area contributed by atoms with E-state index in [0.717, 1.165) is 12.3 Å². The molecule has 0 aromatic carbocycles. The normalized spacial score (nSPS) is 7.82. The van der Waals surface area contributed by atoms with Crippen molar-refractivity contribution in [3.05, 3.63) is 37.6 Å². The molecular weight excluding hydrogens is 290 g/mol. The molecule has 22 heavy (non-hydrogen) atoms. The van der Waals surface area contributed by atoms with E-state index in [1.807, 2.05) is 0 Å². The Labute approximate surface area is 131 Å². The van der Waals surface area contributed by atoms with Gasteiger partial charge in [0, 0.05) is 25.1 Å². The van der Waals surface area contributed by atoms with E-state index in [-0.39, 0.29) is 11.9 Å². The summed E-state index contributed by atoms with van der Waals surface area (Å²) in [7, 11) is 3.11. The first-order valence-corrected chi connectivity index (χ1v) is 6.22. The van der Waals surface area contributed by atoms with Gasteiger partial charge in [-0.3, -0.25) is 4.79 Å². The smallest absolute Gasteiger partial charge is 0.333 e. The van der Waals surface area contributed by atoms with Crippen LogP contribution in [0.3, 0.4) is 0 Å². The second kappa shape index (κ2) is 18.6.